The van der Waals surface area contributed by atoms with Crippen molar-refractivity contribution >= 4 is 12.3 Å². The number of carbonyl (C=O) groups is 2. The number of ether oxygens (including phenoxy) is 4. The van der Waals surface area contributed by atoms with Crippen LogP contribution in [0.3, 0.4) is 0 Å². The lowest BCUT2D eigenvalue weighted by molar-refractivity contribution is -0.342. The minimum Gasteiger partial charge on any atom is -0.472 e. The van der Waals surface area contributed by atoms with Gasteiger partial charge in [-0.3, -0.25) is 4.79 Å². The SMILES string of the molecule is CC[C@H]1C=C(C=O)[C@H]2C[C@@H]3C(C(=O)OC)=CO[C@@H](O[C@@H]4O[C@H](CO)[C@@H](O)[C@H](O)[C@H]4O)[C@@H]3[C@H]2C1. The highest BCUT2D eigenvalue weighted by atomic mass is 16.8. The van der Waals surface area contributed by atoms with E-state index in [1.165, 1.54) is 13.4 Å². The van der Waals surface area contributed by atoms with Crippen LogP contribution in [0.2, 0.25) is 0 Å². The van der Waals surface area contributed by atoms with Crippen LogP contribution in [0.4, 0.5) is 0 Å². The van der Waals surface area contributed by atoms with Crippen molar-refractivity contribution in [1.82, 2.24) is 0 Å². The molecule has 0 spiro atoms. The van der Waals surface area contributed by atoms with Crippen LogP contribution in [0.1, 0.15) is 26.2 Å². The summed E-state index contributed by atoms with van der Waals surface area (Å²) in [4.78, 5) is 24.3. The van der Waals surface area contributed by atoms with Gasteiger partial charge in [0, 0.05) is 11.8 Å². The van der Waals surface area contributed by atoms with Crippen LogP contribution in [0.15, 0.2) is 23.5 Å². The minimum absolute atomic E-state index is 0.0200. The molecule has 0 amide bonds. The van der Waals surface area contributed by atoms with Crippen molar-refractivity contribution in [3.63, 3.8) is 0 Å². The molecule has 0 aromatic heterocycles. The number of carbonyl (C=O) groups excluding carboxylic acids is 2. The normalized spacial score (nSPS) is 44.6. The molecule has 2 fully saturated rings. The van der Waals surface area contributed by atoms with Crippen molar-refractivity contribution in [2.24, 2.45) is 29.6 Å². The van der Waals surface area contributed by atoms with Crippen LogP contribution < -0.4 is 0 Å². The second-order valence-electron chi connectivity index (χ2n) is 9.28. The van der Waals surface area contributed by atoms with Crippen LogP contribution in [0, 0.1) is 29.6 Å². The highest BCUT2D eigenvalue weighted by molar-refractivity contribution is 5.89. The Labute approximate surface area is 191 Å². The predicted molar refractivity (Wildman–Crippen MR) is 111 cm³/mol. The Kier molecular flexibility index (Phi) is 7.23. The Morgan fingerprint density at radius 3 is 2.55 bits per heavy atom. The quantitative estimate of drug-likeness (QED) is 0.300. The number of methoxy groups -OCH3 is 1. The van der Waals surface area contributed by atoms with Crippen molar-refractivity contribution in [2.75, 3.05) is 13.7 Å². The van der Waals surface area contributed by atoms with Gasteiger partial charge < -0.3 is 39.4 Å². The Balaban J connectivity index is 1.64. The van der Waals surface area contributed by atoms with E-state index in [2.05, 4.69) is 6.92 Å². The predicted octanol–water partition coefficient (Wildman–Crippen LogP) is -0.360. The van der Waals surface area contributed by atoms with E-state index in [0.29, 0.717) is 17.6 Å². The molecule has 2 aliphatic carbocycles. The van der Waals surface area contributed by atoms with Crippen molar-refractivity contribution in [3.05, 3.63) is 23.5 Å². The number of fused-ring (bicyclic) bond motifs is 3. The van der Waals surface area contributed by atoms with Crippen molar-refractivity contribution in [1.29, 1.82) is 0 Å². The van der Waals surface area contributed by atoms with Gasteiger partial charge in [-0.1, -0.05) is 13.0 Å². The summed E-state index contributed by atoms with van der Waals surface area (Å²) in [6.45, 7) is 1.47. The average Bonchev–Trinajstić information content (AvgIpc) is 3.23. The van der Waals surface area contributed by atoms with E-state index in [4.69, 9.17) is 18.9 Å². The maximum Gasteiger partial charge on any atom is 0.337 e. The molecule has 0 radical (unpaired) electrons. The van der Waals surface area contributed by atoms with Crippen LogP contribution in [0.5, 0.6) is 0 Å². The third-order valence-corrected chi connectivity index (χ3v) is 7.66. The third kappa shape index (κ3) is 4.24. The number of rotatable bonds is 6. The van der Waals surface area contributed by atoms with Gasteiger partial charge in [-0.15, -0.1) is 0 Å². The van der Waals surface area contributed by atoms with Crippen molar-refractivity contribution in [2.45, 2.75) is 63.2 Å². The van der Waals surface area contributed by atoms with Gasteiger partial charge in [-0.2, -0.15) is 0 Å². The molecule has 4 aliphatic rings. The average molecular weight is 468 g/mol. The van der Waals surface area contributed by atoms with Gasteiger partial charge in [0.25, 0.3) is 0 Å². The van der Waals surface area contributed by atoms with Crippen molar-refractivity contribution in [3.8, 4) is 0 Å². The summed E-state index contributed by atoms with van der Waals surface area (Å²) in [5.41, 5.74) is 1.08. The summed E-state index contributed by atoms with van der Waals surface area (Å²) in [6, 6.07) is 0. The second-order valence-corrected chi connectivity index (χ2v) is 9.28. The lowest BCUT2D eigenvalue weighted by atomic mass is 9.72. The number of hydrogen-bond acceptors (Lipinski definition) is 10. The number of allylic oxidation sites excluding steroid dienone is 2. The molecule has 0 aromatic rings. The van der Waals surface area contributed by atoms with E-state index in [1.54, 1.807) is 0 Å². The Bertz CT molecular complexity index is 807. The van der Waals surface area contributed by atoms with Gasteiger partial charge in [0.15, 0.2) is 6.29 Å². The molecule has 33 heavy (non-hydrogen) atoms. The molecular weight excluding hydrogens is 436 g/mol. The summed E-state index contributed by atoms with van der Waals surface area (Å²) >= 11 is 0. The molecule has 2 heterocycles. The fourth-order valence-corrected chi connectivity index (χ4v) is 5.90. The van der Waals surface area contributed by atoms with E-state index in [1.807, 2.05) is 6.08 Å². The van der Waals surface area contributed by atoms with Crippen LogP contribution >= 0.6 is 0 Å². The molecule has 1 saturated heterocycles. The molecular formula is C23H32O10. The van der Waals surface area contributed by atoms with E-state index >= 15 is 0 Å². The maximum absolute atomic E-state index is 12.4. The summed E-state index contributed by atoms with van der Waals surface area (Å²) in [6.07, 6.45) is -1.71. The highest BCUT2D eigenvalue weighted by Crippen LogP contribution is 2.56. The first-order valence-electron chi connectivity index (χ1n) is 11.4. The zero-order valence-corrected chi connectivity index (χ0v) is 18.6. The first kappa shape index (κ1) is 24.3. The summed E-state index contributed by atoms with van der Waals surface area (Å²) < 4.78 is 22.2. The fraction of sp³-hybridized carbons (Fsp3) is 0.739. The van der Waals surface area contributed by atoms with E-state index < -0.39 is 49.6 Å². The van der Waals surface area contributed by atoms with Crippen molar-refractivity contribution < 1.29 is 49.0 Å². The standard InChI is InChI=1S/C23H32O10/c1-3-10-4-11(7-24)12-6-14-15(21(29)30-2)9-31-22(17(14)13(12)5-10)33-23-20(28)19(27)18(26)16(8-25)32-23/h4,7,9-10,12-14,16-20,22-23,25-28H,3,5-6,8H2,1-2H3/t10-,12+,13-,14+,16+,17+,18+,19-,20+,22-,23-/m0/s1. The molecule has 4 N–H and O–H groups in total. The fourth-order valence-electron chi connectivity index (χ4n) is 5.90. The maximum atomic E-state index is 12.4. The molecule has 2 aliphatic heterocycles. The highest BCUT2D eigenvalue weighted by Gasteiger charge is 2.56. The van der Waals surface area contributed by atoms with Gasteiger partial charge in [0.05, 0.1) is 25.6 Å². The number of aliphatic hydroxyl groups is 4. The molecule has 1 saturated carbocycles. The molecule has 0 unspecified atom stereocenters. The molecule has 0 aromatic carbocycles. The zero-order valence-electron chi connectivity index (χ0n) is 18.6. The Morgan fingerprint density at radius 2 is 1.91 bits per heavy atom. The topological polar surface area (TPSA) is 152 Å². The van der Waals surface area contributed by atoms with E-state index in [9.17, 15) is 30.0 Å². The van der Waals surface area contributed by atoms with E-state index in [0.717, 1.165) is 19.1 Å². The second kappa shape index (κ2) is 9.81. The van der Waals surface area contributed by atoms with Gasteiger partial charge in [-0.05, 0) is 42.6 Å². The lowest BCUT2D eigenvalue weighted by Crippen LogP contribution is -2.60. The van der Waals surface area contributed by atoms with Gasteiger partial charge in [0.2, 0.25) is 6.29 Å². The zero-order chi connectivity index (χ0) is 23.9. The monoisotopic (exact) mass is 468 g/mol. The Hall–Kier alpha value is -1.82. The summed E-state index contributed by atoms with van der Waals surface area (Å²) in [5.74, 6) is -1.04. The smallest absolute Gasteiger partial charge is 0.337 e. The van der Waals surface area contributed by atoms with Gasteiger partial charge >= 0.3 is 5.97 Å². The van der Waals surface area contributed by atoms with Gasteiger partial charge in [-0.25, -0.2) is 4.79 Å². The summed E-state index contributed by atoms with van der Waals surface area (Å²) in [7, 11) is 1.29. The van der Waals surface area contributed by atoms with Crippen LogP contribution in [0.25, 0.3) is 0 Å². The molecule has 10 heteroatoms. The van der Waals surface area contributed by atoms with E-state index in [-0.39, 0.29) is 29.6 Å². The first-order valence-corrected chi connectivity index (χ1v) is 11.4. The molecule has 10 nitrogen and oxygen atoms in total. The number of aliphatic hydroxyl groups excluding tert-OH is 4. The third-order valence-electron chi connectivity index (χ3n) is 7.66. The largest absolute Gasteiger partial charge is 0.472 e. The minimum atomic E-state index is -1.58. The number of hydrogen-bond donors (Lipinski definition) is 4. The van der Waals surface area contributed by atoms with Gasteiger partial charge in [0.1, 0.15) is 30.7 Å². The lowest BCUT2D eigenvalue weighted by Gasteiger charge is -2.44. The number of aldehydes is 1. The van der Waals surface area contributed by atoms with Crippen LogP contribution in [-0.2, 0) is 28.5 Å². The molecule has 11 atom stereocenters. The summed E-state index contributed by atoms with van der Waals surface area (Å²) in [5, 5.41) is 40.0. The molecule has 184 valence electrons. The first-order chi connectivity index (χ1) is 15.8. The number of esters is 1. The Morgan fingerprint density at radius 1 is 1.15 bits per heavy atom. The van der Waals surface area contributed by atoms with Crippen LogP contribution in [-0.4, -0.2) is 83.4 Å². The molecule has 0 bridgehead atoms. The molecule has 4 rings (SSSR count).